The van der Waals surface area contributed by atoms with E-state index in [4.69, 9.17) is 5.73 Å². The van der Waals surface area contributed by atoms with E-state index >= 15 is 0 Å². The standard InChI is InChI=1S/C22H29N3O2S.C5H8O/c1-4-5-22(21-16-20(28(3,26)27)11-6-17(21)2)25-14-12-24(13-15-25)19-9-7-18(23)8-10-19;1-4-5(2)6-3/h5-11,16H,4,12-15,23H2,1-3H3;4H,1-2H2,3H3/b22-5-;. The Morgan fingerprint density at radius 3 is 2.21 bits per heavy atom. The Labute approximate surface area is 204 Å². The van der Waals surface area contributed by atoms with E-state index in [0.717, 1.165) is 55.1 Å². The summed E-state index contributed by atoms with van der Waals surface area (Å²) in [4.78, 5) is 5.10. The number of piperazine rings is 1. The van der Waals surface area contributed by atoms with Gasteiger partial charge in [0.25, 0.3) is 0 Å². The topological polar surface area (TPSA) is 75.9 Å². The molecule has 0 unspecified atom stereocenters. The molecule has 34 heavy (non-hydrogen) atoms. The van der Waals surface area contributed by atoms with E-state index in [1.54, 1.807) is 19.3 Å². The molecule has 0 atom stereocenters. The minimum Gasteiger partial charge on any atom is -0.497 e. The highest BCUT2D eigenvalue weighted by Crippen LogP contribution is 2.28. The van der Waals surface area contributed by atoms with Gasteiger partial charge in [0.15, 0.2) is 9.84 Å². The highest BCUT2D eigenvalue weighted by atomic mass is 32.2. The fourth-order valence-corrected chi connectivity index (χ4v) is 4.33. The van der Waals surface area contributed by atoms with Crippen LogP contribution >= 0.6 is 0 Å². The van der Waals surface area contributed by atoms with Crippen molar-refractivity contribution in [3.63, 3.8) is 0 Å². The van der Waals surface area contributed by atoms with Gasteiger partial charge in [0.1, 0.15) is 5.76 Å². The number of benzene rings is 2. The molecule has 6 nitrogen and oxygen atoms in total. The molecule has 2 aromatic carbocycles. The molecule has 0 bridgehead atoms. The van der Waals surface area contributed by atoms with Gasteiger partial charge in [-0.15, -0.1) is 0 Å². The van der Waals surface area contributed by atoms with E-state index in [1.165, 1.54) is 11.9 Å². The summed E-state index contributed by atoms with van der Waals surface area (Å²) in [6.45, 7) is 14.6. The van der Waals surface area contributed by atoms with Crippen molar-refractivity contribution in [3.8, 4) is 0 Å². The van der Waals surface area contributed by atoms with Crippen LogP contribution < -0.4 is 10.6 Å². The SMILES string of the molecule is C=CC(=C)OC.CC/C=C(/c1cc(S(C)(=O)=O)ccc1C)N1CCN(c2ccc(N)cc2)CC1. The highest BCUT2D eigenvalue weighted by molar-refractivity contribution is 7.90. The minimum atomic E-state index is -3.23. The lowest BCUT2D eigenvalue weighted by atomic mass is 10.0. The third-order valence-corrected chi connectivity index (χ3v) is 6.79. The Hall–Kier alpha value is -3.19. The summed E-state index contributed by atoms with van der Waals surface area (Å²) in [5.41, 5.74) is 11.0. The van der Waals surface area contributed by atoms with Crippen molar-refractivity contribution < 1.29 is 13.2 Å². The number of methoxy groups -OCH3 is 1. The number of hydrogen-bond donors (Lipinski definition) is 1. The summed E-state index contributed by atoms with van der Waals surface area (Å²) in [6, 6.07) is 13.4. The monoisotopic (exact) mass is 483 g/mol. The van der Waals surface area contributed by atoms with E-state index in [-0.39, 0.29) is 0 Å². The summed E-state index contributed by atoms with van der Waals surface area (Å²) in [7, 11) is -1.67. The molecule has 2 N–H and O–H groups in total. The maximum Gasteiger partial charge on any atom is 0.175 e. The highest BCUT2D eigenvalue weighted by Gasteiger charge is 2.22. The Morgan fingerprint density at radius 1 is 1.12 bits per heavy atom. The van der Waals surface area contributed by atoms with Gasteiger partial charge in [-0.1, -0.05) is 32.2 Å². The molecular weight excluding hydrogens is 446 g/mol. The molecule has 1 aliphatic heterocycles. The molecule has 184 valence electrons. The predicted octanol–water partition coefficient (Wildman–Crippen LogP) is 4.89. The van der Waals surface area contributed by atoms with E-state index in [9.17, 15) is 8.42 Å². The zero-order valence-corrected chi connectivity index (χ0v) is 21.6. The van der Waals surface area contributed by atoms with Crippen molar-refractivity contribution in [2.24, 2.45) is 0 Å². The predicted molar refractivity (Wildman–Crippen MR) is 144 cm³/mol. The van der Waals surface area contributed by atoms with Crippen LogP contribution in [0.25, 0.3) is 5.70 Å². The lowest BCUT2D eigenvalue weighted by molar-refractivity contribution is 0.309. The van der Waals surface area contributed by atoms with Crippen LogP contribution in [0.5, 0.6) is 0 Å². The lowest BCUT2D eigenvalue weighted by Gasteiger charge is -2.39. The largest absolute Gasteiger partial charge is 0.497 e. The number of rotatable bonds is 7. The summed E-state index contributed by atoms with van der Waals surface area (Å²) in [5, 5.41) is 0. The van der Waals surface area contributed by atoms with Gasteiger partial charge in [-0.25, -0.2) is 8.42 Å². The minimum absolute atomic E-state index is 0.371. The molecule has 7 heteroatoms. The first-order valence-corrected chi connectivity index (χ1v) is 13.2. The average Bonchev–Trinajstić information content (AvgIpc) is 2.83. The van der Waals surface area contributed by atoms with E-state index in [1.807, 2.05) is 31.2 Å². The number of hydrogen-bond acceptors (Lipinski definition) is 6. The van der Waals surface area contributed by atoms with Crippen LogP contribution in [0.1, 0.15) is 24.5 Å². The second kappa shape index (κ2) is 12.3. The van der Waals surface area contributed by atoms with Gasteiger partial charge in [-0.3, -0.25) is 0 Å². The molecule has 1 fully saturated rings. The van der Waals surface area contributed by atoms with Gasteiger partial charge >= 0.3 is 0 Å². The first-order valence-electron chi connectivity index (χ1n) is 11.3. The number of nitrogen functional groups attached to an aromatic ring is 1. The zero-order valence-electron chi connectivity index (χ0n) is 20.8. The number of aryl methyl sites for hydroxylation is 1. The molecule has 0 amide bonds. The van der Waals surface area contributed by atoms with Crippen molar-refractivity contribution >= 4 is 26.9 Å². The molecular formula is C27H37N3O3S. The van der Waals surface area contributed by atoms with Gasteiger partial charge in [-0.2, -0.15) is 0 Å². The molecule has 1 aliphatic rings. The van der Waals surface area contributed by atoms with Crippen LogP contribution in [0.4, 0.5) is 11.4 Å². The molecule has 3 rings (SSSR count). The first kappa shape index (κ1) is 27.1. The summed E-state index contributed by atoms with van der Waals surface area (Å²) < 4.78 is 28.6. The summed E-state index contributed by atoms with van der Waals surface area (Å²) >= 11 is 0. The quantitative estimate of drug-likeness (QED) is 0.343. The normalized spacial score (nSPS) is 14.2. The number of nitrogens with zero attached hydrogens (tertiary/aromatic N) is 2. The van der Waals surface area contributed by atoms with Crippen LogP contribution in [0, 0.1) is 6.92 Å². The molecule has 0 radical (unpaired) electrons. The van der Waals surface area contributed by atoms with Gasteiger partial charge < -0.3 is 20.3 Å². The average molecular weight is 484 g/mol. The first-order chi connectivity index (χ1) is 16.1. The van der Waals surface area contributed by atoms with Crippen LogP contribution in [0.3, 0.4) is 0 Å². The molecule has 0 saturated carbocycles. The van der Waals surface area contributed by atoms with Gasteiger partial charge in [-0.05, 0) is 61.4 Å². The molecule has 0 spiro atoms. The summed E-state index contributed by atoms with van der Waals surface area (Å²) in [6.07, 6.45) is 5.92. The number of sulfone groups is 1. The fraction of sp³-hybridized carbons (Fsp3) is 0.333. The maximum atomic E-state index is 12.0. The van der Waals surface area contributed by atoms with Crippen LogP contribution in [0.2, 0.25) is 0 Å². The van der Waals surface area contributed by atoms with Crippen molar-refractivity contribution in [3.05, 3.63) is 84.7 Å². The second-order valence-corrected chi connectivity index (χ2v) is 10.2. The van der Waals surface area contributed by atoms with Crippen LogP contribution in [-0.4, -0.2) is 52.9 Å². The molecule has 0 aromatic heterocycles. The Kier molecular flexibility index (Phi) is 9.81. The van der Waals surface area contributed by atoms with Crippen molar-refractivity contribution in [2.45, 2.75) is 25.2 Å². The van der Waals surface area contributed by atoms with Gasteiger partial charge in [0.2, 0.25) is 0 Å². The Bertz CT molecular complexity index is 1110. The van der Waals surface area contributed by atoms with E-state index < -0.39 is 9.84 Å². The van der Waals surface area contributed by atoms with Crippen molar-refractivity contribution in [1.82, 2.24) is 4.90 Å². The van der Waals surface area contributed by atoms with Crippen LogP contribution in [0.15, 0.2) is 78.4 Å². The Morgan fingerprint density at radius 2 is 1.74 bits per heavy atom. The maximum absolute atomic E-state index is 12.0. The van der Waals surface area contributed by atoms with Crippen molar-refractivity contribution in [2.75, 3.05) is 50.2 Å². The van der Waals surface area contributed by atoms with E-state index in [2.05, 4.69) is 52.8 Å². The molecule has 1 heterocycles. The molecule has 1 saturated heterocycles. The van der Waals surface area contributed by atoms with Crippen LogP contribution in [-0.2, 0) is 14.6 Å². The smallest absolute Gasteiger partial charge is 0.175 e. The van der Waals surface area contributed by atoms with E-state index in [0.29, 0.717) is 10.7 Å². The van der Waals surface area contributed by atoms with Gasteiger partial charge in [0.05, 0.1) is 12.0 Å². The fourth-order valence-electron chi connectivity index (χ4n) is 3.68. The second-order valence-electron chi connectivity index (χ2n) is 8.19. The summed E-state index contributed by atoms with van der Waals surface area (Å²) in [5.74, 6) is 0.606. The third-order valence-electron chi connectivity index (χ3n) is 5.68. The number of ether oxygens (including phenoxy) is 1. The number of allylic oxidation sites excluding steroid dienone is 2. The van der Waals surface area contributed by atoms with Gasteiger partial charge in [0, 0.05) is 55.1 Å². The number of anilines is 2. The molecule has 2 aromatic rings. The third kappa shape index (κ3) is 7.42. The lowest BCUT2D eigenvalue weighted by Crippen LogP contribution is -2.45. The molecule has 0 aliphatic carbocycles. The van der Waals surface area contributed by atoms with Crippen molar-refractivity contribution in [1.29, 1.82) is 0 Å². The number of nitrogens with two attached hydrogens (primary N) is 1. The zero-order chi connectivity index (χ0) is 25.3. The Balaban J connectivity index is 0.000000604.